The highest BCUT2D eigenvalue weighted by Crippen LogP contribution is 2.56. The van der Waals surface area contributed by atoms with Gasteiger partial charge in [0.05, 0.1) is 4.90 Å². The smallest absolute Gasteiger partial charge is 0.254 e. The van der Waals surface area contributed by atoms with E-state index in [2.05, 4.69) is 20.8 Å². The van der Waals surface area contributed by atoms with E-state index in [0.29, 0.717) is 29.1 Å². The van der Waals surface area contributed by atoms with Crippen molar-refractivity contribution in [3.63, 3.8) is 0 Å². The molecular weight excluding hydrogens is 384 g/mol. The fourth-order valence-electron chi connectivity index (χ4n) is 5.44. The topological polar surface area (TPSA) is 57.7 Å². The molecule has 1 aromatic carbocycles. The molecule has 6 heteroatoms. The minimum atomic E-state index is -3.56. The third kappa shape index (κ3) is 3.42. The molecule has 2 unspecified atom stereocenters. The summed E-state index contributed by atoms with van der Waals surface area (Å²) < 4.78 is 28.0. The van der Waals surface area contributed by atoms with Crippen LogP contribution in [0.2, 0.25) is 0 Å². The monoisotopic (exact) mass is 418 g/mol. The molecule has 2 heterocycles. The van der Waals surface area contributed by atoms with Crippen LogP contribution in [0.4, 0.5) is 0 Å². The highest BCUT2D eigenvalue weighted by molar-refractivity contribution is 7.89. The van der Waals surface area contributed by atoms with E-state index in [1.807, 2.05) is 11.8 Å². The van der Waals surface area contributed by atoms with Gasteiger partial charge in [0.2, 0.25) is 10.0 Å². The molecule has 2 saturated heterocycles. The maximum Gasteiger partial charge on any atom is 0.254 e. The molecule has 160 valence electrons. The van der Waals surface area contributed by atoms with Crippen LogP contribution < -0.4 is 0 Å². The zero-order valence-electron chi connectivity index (χ0n) is 18.2. The van der Waals surface area contributed by atoms with E-state index in [4.69, 9.17) is 0 Å². The Balaban J connectivity index is 1.63. The summed E-state index contributed by atoms with van der Waals surface area (Å²) in [5, 5.41) is 0. The Morgan fingerprint density at radius 3 is 2.45 bits per heavy atom. The lowest BCUT2D eigenvalue weighted by molar-refractivity contribution is 0.0692. The number of nitrogens with zero attached hydrogens (tertiary/aromatic N) is 2. The Bertz CT molecular complexity index is 918. The van der Waals surface area contributed by atoms with Gasteiger partial charge >= 0.3 is 0 Å². The van der Waals surface area contributed by atoms with Gasteiger partial charge in [0, 0.05) is 31.2 Å². The third-order valence-electron chi connectivity index (χ3n) is 8.01. The fourth-order valence-corrected chi connectivity index (χ4v) is 7.20. The Labute approximate surface area is 175 Å². The predicted molar refractivity (Wildman–Crippen MR) is 114 cm³/mol. The second kappa shape index (κ2) is 7.09. The fraction of sp³-hybridized carbons (Fsp3) is 0.696. The molecule has 0 N–H and O–H groups in total. The summed E-state index contributed by atoms with van der Waals surface area (Å²) in [5.74, 6) is -0.0217. The van der Waals surface area contributed by atoms with Crippen LogP contribution >= 0.6 is 0 Å². The predicted octanol–water partition coefficient (Wildman–Crippen LogP) is 4.21. The van der Waals surface area contributed by atoms with Crippen LogP contribution in [0.15, 0.2) is 23.1 Å². The summed E-state index contributed by atoms with van der Waals surface area (Å²) in [6, 6.07) is 5.47. The van der Waals surface area contributed by atoms with Crippen LogP contribution in [0, 0.1) is 17.8 Å². The van der Waals surface area contributed by atoms with Crippen molar-refractivity contribution in [3.05, 3.63) is 29.3 Å². The van der Waals surface area contributed by atoms with Gasteiger partial charge in [-0.05, 0) is 67.6 Å². The van der Waals surface area contributed by atoms with Gasteiger partial charge in [0.15, 0.2) is 0 Å². The molecule has 1 saturated carbocycles. The zero-order chi connectivity index (χ0) is 21.0. The highest BCUT2D eigenvalue weighted by atomic mass is 32.2. The van der Waals surface area contributed by atoms with E-state index in [-0.39, 0.29) is 22.8 Å². The Morgan fingerprint density at radius 1 is 1.10 bits per heavy atom. The van der Waals surface area contributed by atoms with Gasteiger partial charge in [-0.25, -0.2) is 8.42 Å². The number of amides is 1. The summed E-state index contributed by atoms with van der Waals surface area (Å²) in [6.45, 7) is 10.6. The van der Waals surface area contributed by atoms with Gasteiger partial charge < -0.3 is 4.90 Å². The van der Waals surface area contributed by atoms with Crippen molar-refractivity contribution in [2.24, 2.45) is 10.8 Å². The average Bonchev–Trinajstić information content (AvgIpc) is 3.01. The molecule has 0 spiro atoms. The number of fused-ring (bicyclic) bond motifs is 2. The van der Waals surface area contributed by atoms with Gasteiger partial charge in [-0.2, -0.15) is 4.31 Å². The van der Waals surface area contributed by atoms with E-state index in [1.165, 1.54) is 0 Å². The van der Waals surface area contributed by atoms with Crippen molar-refractivity contribution in [2.75, 3.05) is 19.6 Å². The molecule has 29 heavy (non-hydrogen) atoms. The van der Waals surface area contributed by atoms with E-state index in [0.717, 1.165) is 45.1 Å². The summed E-state index contributed by atoms with van der Waals surface area (Å²) in [7, 11) is -3.56. The second-order valence-electron chi connectivity index (χ2n) is 10.2. The summed E-state index contributed by atoms with van der Waals surface area (Å²) >= 11 is 0. The molecule has 2 atom stereocenters. The second-order valence-corrected chi connectivity index (χ2v) is 12.1. The first-order valence-corrected chi connectivity index (χ1v) is 12.4. The van der Waals surface area contributed by atoms with Crippen LogP contribution in [-0.4, -0.2) is 49.2 Å². The number of aryl methyl sites for hydroxylation is 1. The van der Waals surface area contributed by atoms with Crippen LogP contribution in [0.1, 0.15) is 75.2 Å². The number of rotatable bonds is 3. The molecule has 3 aliphatic rings. The normalized spacial score (nSPS) is 29.8. The molecule has 5 nitrogen and oxygen atoms in total. The molecule has 4 rings (SSSR count). The molecule has 2 aliphatic heterocycles. The number of piperidine rings is 1. The number of benzene rings is 1. The molecule has 1 amide bonds. The Kier molecular flexibility index (Phi) is 5.10. The lowest BCUT2D eigenvalue weighted by Crippen LogP contribution is -2.38. The van der Waals surface area contributed by atoms with Gasteiger partial charge in [-0.15, -0.1) is 0 Å². The SMILES string of the molecule is Cc1ccc(C(=O)N2CC3(C)CC2CCC3(C)C)cc1S(=O)(=O)N1CCCCC1. The summed E-state index contributed by atoms with van der Waals surface area (Å²) in [5.41, 5.74) is 1.55. The van der Waals surface area contributed by atoms with Gasteiger partial charge in [-0.1, -0.05) is 33.3 Å². The molecule has 0 radical (unpaired) electrons. The quantitative estimate of drug-likeness (QED) is 0.739. The van der Waals surface area contributed by atoms with Gasteiger partial charge in [0.25, 0.3) is 5.91 Å². The van der Waals surface area contributed by atoms with Crippen LogP contribution in [-0.2, 0) is 10.0 Å². The minimum Gasteiger partial charge on any atom is -0.335 e. The maximum atomic E-state index is 13.4. The van der Waals surface area contributed by atoms with Crippen molar-refractivity contribution in [1.29, 1.82) is 0 Å². The maximum absolute atomic E-state index is 13.4. The van der Waals surface area contributed by atoms with Crippen molar-refractivity contribution in [3.8, 4) is 0 Å². The first-order chi connectivity index (χ1) is 13.6. The number of likely N-dealkylation sites (tertiary alicyclic amines) is 1. The largest absolute Gasteiger partial charge is 0.335 e. The van der Waals surface area contributed by atoms with E-state index in [1.54, 1.807) is 22.5 Å². The Morgan fingerprint density at radius 2 is 1.79 bits per heavy atom. The van der Waals surface area contributed by atoms with Gasteiger partial charge in [-0.3, -0.25) is 4.79 Å². The van der Waals surface area contributed by atoms with Crippen molar-refractivity contribution < 1.29 is 13.2 Å². The molecule has 3 fully saturated rings. The molecule has 0 aromatic heterocycles. The molecule has 2 bridgehead atoms. The van der Waals surface area contributed by atoms with Crippen molar-refractivity contribution in [2.45, 2.75) is 77.2 Å². The van der Waals surface area contributed by atoms with Crippen molar-refractivity contribution >= 4 is 15.9 Å². The lowest BCUT2D eigenvalue weighted by atomic mass is 9.60. The number of carbonyl (C=O) groups is 1. The van der Waals surface area contributed by atoms with Crippen LogP contribution in [0.3, 0.4) is 0 Å². The van der Waals surface area contributed by atoms with E-state index in [9.17, 15) is 13.2 Å². The zero-order valence-corrected chi connectivity index (χ0v) is 19.0. The minimum absolute atomic E-state index is 0.0217. The Hall–Kier alpha value is -1.40. The number of hydrogen-bond acceptors (Lipinski definition) is 3. The number of carbonyl (C=O) groups excluding carboxylic acids is 1. The first-order valence-electron chi connectivity index (χ1n) is 11.0. The molecule has 1 aromatic rings. The lowest BCUT2D eigenvalue weighted by Gasteiger charge is -2.44. The molecular formula is C23H34N2O3S. The number of sulfonamides is 1. The van der Waals surface area contributed by atoms with Crippen LogP contribution in [0.25, 0.3) is 0 Å². The van der Waals surface area contributed by atoms with E-state index >= 15 is 0 Å². The van der Waals surface area contributed by atoms with E-state index < -0.39 is 10.0 Å². The third-order valence-corrected chi connectivity index (χ3v) is 10.1. The first kappa shape index (κ1) is 20.9. The highest BCUT2D eigenvalue weighted by Gasteiger charge is 2.54. The van der Waals surface area contributed by atoms with Crippen molar-refractivity contribution in [1.82, 2.24) is 9.21 Å². The molecule has 1 aliphatic carbocycles. The summed E-state index contributed by atoms with van der Waals surface area (Å²) in [4.78, 5) is 15.7. The average molecular weight is 419 g/mol. The number of hydrogen-bond donors (Lipinski definition) is 0. The standard InChI is InChI=1S/C23H34N2O3S/c1-17-8-9-18(14-20(17)29(27,28)24-12-6-5-7-13-24)21(26)25-16-23(4)15-19(25)10-11-22(23,2)3/h8-9,14,19H,5-7,10-13,15-16H2,1-4H3. The summed E-state index contributed by atoms with van der Waals surface area (Å²) in [6.07, 6.45) is 6.08. The van der Waals surface area contributed by atoms with Crippen LogP contribution in [0.5, 0.6) is 0 Å². The van der Waals surface area contributed by atoms with Gasteiger partial charge in [0.1, 0.15) is 0 Å².